The number of carbonyl (C=O) groups is 2. The minimum atomic E-state index is -1.75. The SMILES string of the molecule is CCC(c1ccccc1)C(CC)(C(=O)O)C(=O)O. The Morgan fingerprint density at radius 2 is 1.61 bits per heavy atom. The van der Waals surface area contributed by atoms with Gasteiger partial charge in [-0.15, -0.1) is 0 Å². The predicted octanol–water partition coefficient (Wildman–Crippen LogP) is 2.75. The van der Waals surface area contributed by atoms with Crippen LogP contribution >= 0.6 is 0 Å². The van der Waals surface area contributed by atoms with Crippen LogP contribution in [-0.2, 0) is 9.59 Å². The van der Waals surface area contributed by atoms with E-state index in [1.807, 2.05) is 13.0 Å². The second kappa shape index (κ2) is 5.67. The molecule has 0 aliphatic rings. The minimum Gasteiger partial charge on any atom is -0.480 e. The third kappa shape index (κ3) is 2.23. The number of carboxylic acid groups (broad SMARTS) is 2. The lowest BCUT2D eigenvalue weighted by Crippen LogP contribution is -2.44. The molecule has 0 bridgehead atoms. The van der Waals surface area contributed by atoms with Crippen LogP contribution in [0.2, 0.25) is 0 Å². The second-order valence-corrected chi connectivity index (χ2v) is 4.31. The molecule has 0 saturated carbocycles. The zero-order valence-electron chi connectivity index (χ0n) is 10.6. The predicted molar refractivity (Wildman–Crippen MR) is 67.5 cm³/mol. The largest absolute Gasteiger partial charge is 0.480 e. The fourth-order valence-corrected chi connectivity index (χ4v) is 2.49. The Bertz CT molecular complexity index is 411. The summed E-state index contributed by atoms with van der Waals surface area (Å²) < 4.78 is 0. The summed E-state index contributed by atoms with van der Waals surface area (Å²) in [7, 11) is 0. The number of aliphatic carboxylic acids is 2. The van der Waals surface area contributed by atoms with E-state index in [2.05, 4.69) is 0 Å². The normalized spacial score (nSPS) is 13.0. The van der Waals surface area contributed by atoms with Gasteiger partial charge in [-0.1, -0.05) is 44.2 Å². The Hall–Kier alpha value is -1.84. The second-order valence-electron chi connectivity index (χ2n) is 4.31. The highest BCUT2D eigenvalue weighted by atomic mass is 16.4. The van der Waals surface area contributed by atoms with Crippen LogP contribution in [0.25, 0.3) is 0 Å². The molecule has 0 saturated heterocycles. The number of rotatable bonds is 6. The van der Waals surface area contributed by atoms with Gasteiger partial charge in [0.05, 0.1) is 0 Å². The molecular weight excluding hydrogens is 232 g/mol. The molecule has 0 heterocycles. The van der Waals surface area contributed by atoms with Crippen LogP contribution in [0, 0.1) is 5.41 Å². The van der Waals surface area contributed by atoms with Gasteiger partial charge in [0, 0.05) is 5.92 Å². The maximum absolute atomic E-state index is 11.5. The van der Waals surface area contributed by atoms with Gasteiger partial charge in [-0.25, -0.2) is 0 Å². The number of hydrogen-bond donors (Lipinski definition) is 2. The molecule has 1 aromatic carbocycles. The van der Waals surface area contributed by atoms with Crippen LogP contribution < -0.4 is 0 Å². The van der Waals surface area contributed by atoms with Crippen molar-refractivity contribution in [2.75, 3.05) is 0 Å². The first-order chi connectivity index (χ1) is 8.50. The highest BCUT2D eigenvalue weighted by Crippen LogP contribution is 2.42. The molecule has 1 rings (SSSR count). The molecule has 1 unspecified atom stereocenters. The van der Waals surface area contributed by atoms with E-state index >= 15 is 0 Å². The third-order valence-corrected chi connectivity index (χ3v) is 3.53. The molecule has 0 fully saturated rings. The van der Waals surface area contributed by atoms with E-state index in [0.29, 0.717) is 6.42 Å². The van der Waals surface area contributed by atoms with E-state index in [9.17, 15) is 19.8 Å². The van der Waals surface area contributed by atoms with E-state index in [1.54, 1.807) is 31.2 Å². The van der Waals surface area contributed by atoms with E-state index in [1.165, 1.54) is 0 Å². The van der Waals surface area contributed by atoms with Gasteiger partial charge in [0.1, 0.15) is 0 Å². The van der Waals surface area contributed by atoms with Gasteiger partial charge in [0.25, 0.3) is 0 Å². The van der Waals surface area contributed by atoms with Gasteiger partial charge in [0.15, 0.2) is 5.41 Å². The van der Waals surface area contributed by atoms with Crippen LogP contribution in [-0.4, -0.2) is 22.2 Å². The molecule has 0 amide bonds. The molecular formula is C14H18O4. The van der Waals surface area contributed by atoms with E-state index in [-0.39, 0.29) is 6.42 Å². The van der Waals surface area contributed by atoms with Crippen molar-refractivity contribution in [3.63, 3.8) is 0 Å². The van der Waals surface area contributed by atoms with Gasteiger partial charge in [-0.3, -0.25) is 9.59 Å². The van der Waals surface area contributed by atoms with Crippen molar-refractivity contribution < 1.29 is 19.8 Å². The summed E-state index contributed by atoms with van der Waals surface area (Å²) in [6.07, 6.45) is 0.529. The van der Waals surface area contributed by atoms with Crippen LogP contribution in [0.5, 0.6) is 0 Å². The van der Waals surface area contributed by atoms with Crippen molar-refractivity contribution in [3.05, 3.63) is 35.9 Å². The number of benzene rings is 1. The van der Waals surface area contributed by atoms with E-state index in [4.69, 9.17) is 0 Å². The first-order valence-electron chi connectivity index (χ1n) is 6.02. The van der Waals surface area contributed by atoms with Gasteiger partial charge >= 0.3 is 11.9 Å². The van der Waals surface area contributed by atoms with Crippen molar-refractivity contribution >= 4 is 11.9 Å². The maximum atomic E-state index is 11.5. The zero-order valence-corrected chi connectivity index (χ0v) is 10.6. The van der Waals surface area contributed by atoms with E-state index < -0.39 is 23.3 Å². The fourth-order valence-electron chi connectivity index (χ4n) is 2.49. The minimum absolute atomic E-state index is 0.0606. The lowest BCUT2D eigenvalue weighted by atomic mass is 9.69. The maximum Gasteiger partial charge on any atom is 0.321 e. The molecule has 2 N–H and O–H groups in total. The summed E-state index contributed by atoms with van der Waals surface area (Å²) in [5, 5.41) is 18.8. The summed E-state index contributed by atoms with van der Waals surface area (Å²) in [6, 6.07) is 8.98. The highest BCUT2D eigenvalue weighted by molar-refractivity contribution is 5.99. The number of hydrogen-bond acceptors (Lipinski definition) is 2. The highest BCUT2D eigenvalue weighted by Gasteiger charge is 2.51. The summed E-state index contributed by atoms with van der Waals surface area (Å²) in [5.41, 5.74) is -0.998. The molecule has 4 heteroatoms. The van der Waals surface area contributed by atoms with Crippen LogP contribution in [0.15, 0.2) is 30.3 Å². The Morgan fingerprint density at radius 3 is 1.94 bits per heavy atom. The number of carboxylic acids is 2. The lowest BCUT2D eigenvalue weighted by molar-refractivity contribution is -0.167. The van der Waals surface area contributed by atoms with Crippen molar-refractivity contribution in [1.82, 2.24) is 0 Å². The molecule has 98 valence electrons. The summed E-state index contributed by atoms with van der Waals surface area (Å²) >= 11 is 0. The molecule has 1 atom stereocenters. The zero-order chi connectivity index (χ0) is 13.8. The van der Waals surface area contributed by atoms with Gasteiger partial charge < -0.3 is 10.2 Å². The molecule has 0 aromatic heterocycles. The molecule has 4 nitrogen and oxygen atoms in total. The quantitative estimate of drug-likeness (QED) is 0.761. The van der Waals surface area contributed by atoms with Crippen molar-refractivity contribution in [2.24, 2.45) is 5.41 Å². The Labute approximate surface area is 106 Å². The molecule has 0 aliphatic heterocycles. The van der Waals surface area contributed by atoms with Gasteiger partial charge in [-0.05, 0) is 18.4 Å². The fraction of sp³-hybridized carbons (Fsp3) is 0.429. The van der Waals surface area contributed by atoms with Crippen molar-refractivity contribution in [1.29, 1.82) is 0 Å². The summed E-state index contributed by atoms with van der Waals surface area (Å²) in [6.45, 7) is 3.42. The van der Waals surface area contributed by atoms with E-state index in [0.717, 1.165) is 5.56 Å². The van der Waals surface area contributed by atoms with Crippen LogP contribution in [0.4, 0.5) is 0 Å². The van der Waals surface area contributed by atoms with Gasteiger partial charge in [0.2, 0.25) is 0 Å². The molecule has 0 aliphatic carbocycles. The third-order valence-electron chi connectivity index (χ3n) is 3.53. The summed E-state index contributed by atoms with van der Waals surface area (Å²) in [5.74, 6) is -3.07. The average Bonchev–Trinajstić information content (AvgIpc) is 2.35. The Balaban J connectivity index is 3.34. The van der Waals surface area contributed by atoms with Crippen LogP contribution in [0.3, 0.4) is 0 Å². The topological polar surface area (TPSA) is 74.6 Å². The van der Waals surface area contributed by atoms with Gasteiger partial charge in [-0.2, -0.15) is 0 Å². The van der Waals surface area contributed by atoms with Crippen molar-refractivity contribution in [2.45, 2.75) is 32.6 Å². The first-order valence-corrected chi connectivity index (χ1v) is 6.02. The molecule has 0 radical (unpaired) electrons. The smallest absolute Gasteiger partial charge is 0.321 e. The van der Waals surface area contributed by atoms with Crippen molar-refractivity contribution in [3.8, 4) is 0 Å². The lowest BCUT2D eigenvalue weighted by Gasteiger charge is -2.32. The molecule has 1 aromatic rings. The standard InChI is InChI=1S/C14H18O4/c1-3-11(10-8-6-5-7-9-10)14(4-2,12(15)16)13(17)18/h5-9,11H,3-4H2,1-2H3,(H,15,16)(H,17,18). The molecule has 0 spiro atoms. The average molecular weight is 250 g/mol. The Morgan fingerprint density at radius 1 is 1.11 bits per heavy atom. The summed E-state index contributed by atoms with van der Waals surface area (Å²) in [4.78, 5) is 23.0. The first kappa shape index (κ1) is 14.2. The van der Waals surface area contributed by atoms with Crippen LogP contribution in [0.1, 0.15) is 38.2 Å². The Kier molecular flexibility index (Phi) is 4.48. The monoisotopic (exact) mass is 250 g/mol. The molecule has 18 heavy (non-hydrogen) atoms.